The molecule has 0 spiro atoms. The number of carbonyl (C=O) groups is 2. The Morgan fingerprint density at radius 2 is 1.42 bits per heavy atom. The standard InChI is InChI=1S/C25H27NO5/c1-3-29-22(27)24(23(28)30-4-2)17-11-16-20-21(24)25(31-26-20,18-12-7-5-8-13-18)19-14-9-6-10-15-19/h5-10,12-15,26H,3-4,11,16-17H2,1-2H3. The summed E-state index contributed by atoms with van der Waals surface area (Å²) in [6.07, 6.45) is 1.60. The van der Waals surface area contributed by atoms with Gasteiger partial charge in [0.25, 0.3) is 0 Å². The zero-order chi connectivity index (χ0) is 21.9. The fourth-order valence-corrected chi connectivity index (χ4v) is 4.76. The molecule has 0 radical (unpaired) electrons. The van der Waals surface area contributed by atoms with E-state index >= 15 is 0 Å². The van der Waals surface area contributed by atoms with Crippen molar-refractivity contribution in [3.8, 4) is 0 Å². The Bertz CT molecular complexity index is 926. The maximum Gasteiger partial charge on any atom is 0.327 e. The van der Waals surface area contributed by atoms with Crippen LogP contribution in [-0.4, -0.2) is 25.2 Å². The molecular formula is C25H27NO5. The molecule has 1 aliphatic heterocycles. The van der Waals surface area contributed by atoms with Crippen LogP contribution in [0.15, 0.2) is 71.9 Å². The van der Waals surface area contributed by atoms with Crippen LogP contribution in [0.2, 0.25) is 0 Å². The SMILES string of the molecule is CCOC(=O)C1(C(=O)OCC)CCCC2=C1C(c1ccccc1)(c1ccccc1)ON2. The third-order valence-electron chi connectivity index (χ3n) is 5.99. The smallest absolute Gasteiger partial charge is 0.327 e. The highest BCUT2D eigenvalue weighted by atomic mass is 16.7. The Hall–Kier alpha value is -3.12. The first-order chi connectivity index (χ1) is 15.1. The van der Waals surface area contributed by atoms with Crippen molar-refractivity contribution in [2.45, 2.75) is 38.7 Å². The molecule has 0 bridgehead atoms. The van der Waals surface area contributed by atoms with Gasteiger partial charge in [-0.1, -0.05) is 60.7 Å². The van der Waals surface area contributed by atoms with Crippen LogP contribution in [-0.2, 0) is 29.5 Å². The molecule has 0 saturated heterocycles. The van der Waals surface area contributed by atoms with Gasteiger partial charge in [0.2, 0.25) is 0 Å². The van der Waals surface area contributed by atoms with E-state index in [1.165, 1.54) is 0 Å². The highest BCUT2D eigenvalue weighted by molar-refractivity contribution is 6.05. The molecule has 1 N–H and O–H groups in total. The Kier molecular flexibility index (Phi) is 5.83. The summed E-state index contributed by atoms with van der Waals surface area (Å²) in [6.45, 7) is 3.81. The van der Waals surface area contributed by atoms with Crippen molar-refractivity contribution >= 4 is 11.9 Å². The van der Waals surface area contributed by atoms with Crippen molar-refractivity contribution in [3.05, 3.63) is 83.1 Å². The number of hydrogen-bond acceptors (Lipinski definition) is 6. The summed E-state index contributed by atoms with van der Waals surface area (Å²) in [5.74, 6) is -1.19. The number of carbonyl (C=O) groups excluding carboxylic acids is 2. The van der Waals surface area contributed by atoms with Crippen molar-refractivity contribution in [2.24, 2.45) is 5.41 Å². The molecule has 2 aromatic carbocycles. The van der Waals surface area contributed by atoms with Gasteiger partial charge in [0.05, 0.1) is 13.2 Å². The molecule has 0 unspecified atom stereocenters. The summed E-state index contributed by atoms with van der Waals surface area (Å²) >= 11 is 0. The van der Waals surface area contributed by atoms with Gasteiger partial charge in [-0.05, 0) is 44.2 Å². The van der Waals surface area contributed by atoms with E-state index in [1.807, 2.05) is 60.7 Å². The molecular weight excluding hydrogens is 394 g/mol. The molecule has 0 amide bonds. The summed E-state index contributed by atoms with van der Waals surface area (Å²) in [4.78, 5) is 33.3. The third kappa shape index (κ3) is 3.22. The molecule has 1 heterocycles. The first-order valence-electron chi connectivity index (χ1n) is 10.7. The van der Waals surface area contributed by atoms with Crippen molar-refractivity contribution < 1.29 is 23.9 Å². The van der Waals surface area contributed by atoms with Gasteiger partial charge in [-0.25, -0.2) is 0 Å². The predicted molar refractivity (Wildman–Crippen MR) is 114 cm³/mol. The van der Waals surface area contributed by atoms with E-state index < -0.39 is 23.0 Å². The molecule has 2 aliphatic rings. The quantitative estimate of drug-likeness (QED) is 0.561. The largest absolute Gasteiger partial charge is 0.465 e. The Balaban J connectivity index is 2.03. The molecule has 0 aromatic heterocycles. The van der Waals surface area contributed by atoms with E-state index in [0.29, 0.717) is 24.8 Å². The number of allylic oxidation sites excluding steroid dienone is 1. The molecule has 0 atom stereocenters. The summed E-state index contributed by atoms with van der Waals surface area (Å²) in [5, 5.41) is 0. The average molecular weight is 421 g/mol. The minimum atomic E-state index is -1.59. The highest BCUT2D eigenvalue weighted by Gasteiger charge is 2.64. The summed E-state index contributed by atoms with van der Waals surface area (Å²) in [6, 6.07) is 19.3. The number of ether oxygens (including phenoxy) is 2. The minimum absolute atomic E-state index is 0.167. The first kappa shape index (κ1) is 21.1. The molecule has 6 nitrogen and oxygen atoms in total. The second kappa shape index (κ2) is 8.55. The lowest BCUT2D eigenvalue weighted by Crippen LogP contribution is -2.50. The number of esters is 2. The van der Waals surface area contributed by atoms with Gasteiger partial charge >= 0.3 is 11.9 Å². The van der Waals surface area contributed by atoms with Crippen molar-refractivity contribution in [3.63, 3.8) is 0 Å². The first-order valence-corrected chi connectivity index (χ1v) is 10.7. The molecule has 1 aliphatic carbocycles. The van der Waals surface area contributed by atoms with Gasteiger partial charge in [0.1, 0.15) is 0 Å². The molecule has 4 rings (SSSR count). The Morgan fingerprint density at radius 1 is 0.903 bits per heavy atom. The van der Waals surface area contributed by atoms with E-state index in [1.54, 1.807) is 13.8 Å². The highest BCUT2D eigenvalue weighted by Crippen LogP contribution is 2.57. The molecule has 162 valence electrons. The van der Waals surface area contributed by atoms with Crippen LogP contribution in [0.3, 0.4) is 0 Å². The van der Waals surface area contributed by atoms with E-state index in [0.717, 1.165) is 16.8 Å². The van der Waals surface area contributed by atoms with Gasteiger partial charge in [-0.2, -0.15) is 0 Å². The van der Waals surface area contributed by atoms with E-state index in [9.17, 15) is 9.59 Å². The lowest BCUT2D eigenvalue weighted by atomic mass is 9.62. The molecule has 0 fully saturated rings. The van der Waals surface area contributed by atoms with Gasteiger partial charge in [0.15, 0.2) is 11.0 Å². The van der Waals surface area contributed by atoms with Gasteiger partial charge in [0, 0.05) is 11.3 Å². The molecule has 0 saturated carbocycles. The molecule has 2 aromatic rings. The van der Waals surface area contributed by atoms with Gasteiger partial charge in [-0.3, -0.25) is 19.9 Å². The van der Waals surface area contributed by atoms with E-state index in [2.05, 4.69) is 5.48 Å². The number of rotatable bonds is 6. The fourth-order valence-electron chi connectivity index (χ4n) is 4.76. The number of nitrogens with one attached hydrogen (secondary N) is 1. The predicted octanol–water partition coefficient (Wildman–Crippen LogP) is 4.02. The number of hydroxylamine groups is 1. The van der Waals surface area contributed by atoms with E-state index in [4.69, 9.17) is 14.3 Å². The van der Waals surface area contributed by atoms with Crippen LogP contribution in [0, 0.1) is 5.41 Å². The van der Waals surface area contributed by atoms with Crippen LogP contribution in [0.4, 0.5) is 0 Å². The normalized spacial score (nSPS) is 18.6. The zero-order valence-electron chi connectivity index (χ0n) is 17.9. The monoisotopic (exact) mass is 421 g/mol. The van der Waals surface area contributed by atoms with Crippen molar-refractivity contribution in [1.29, 1.82) is 0 Å². The summed E-state index contributed by atoms with van der Waals surface area (Å²) < 4.78 is 10.9. The number of benzene rings is 2. The lowest BCUT2D eigenvalue weighted by molar-refractivity contribution is -0.171. The molecule has 31 heavy (non-hydrogen) atoms. The minimum Gasteiger partial charge on any atom is -0.465 e. The van der Waals surface area contributed by atoms with Crippen LogP contribution >= 0.6 is 0 Å². The summed E-state index contributed by atoms with van der Waals surface area (Å²) in [5.41, 5.74) is 3.24. The molecule has 6 heteroatoms. The lowest BCUT2D eigenvalue weighted by Gasteiger charge is -2.41. The maximum absolute atomic E-state index is 13.5. The van der Waals surface area contributed by atoms with Crippen molar-refractivity contribution in [2.75, 3.05) is 13.2 Å². The Labute approximate surface area is 182 Å². The second-order valence-electron chi connectivity index (χ2n) is 7.67. The van der Waals surface area contributed by atoms with Crippen LogP contribution < -0.4 is 5.48 Å². The topological polar surface area (TPSA) is 73.9 Å². The Morgan fingerprint density at radius 3 is 1.90 bits per heavy atom. The van der Waals surface area contributed by atoms with E-state index in [-0.39, 0.29) is 13.2 Å². The van der Waals surface area contributed by atoms with Crippen molar-refractivity contribution in [1.82, 2.24) is 5.48 Å². The summed E-state index contributed by atoms with van der Waals surface area (Å²) in [7, 11) is 0. The maximum atomic E-state index is 13.5. The van der Waals surface area contributed by atoms with Gasteiger partial charge < -0.3 is 9.47 Å². The third-order valence-corrected chi connectivity index (χ3v) is 5.99. The average Bonchev–Trinajstić information content (AvgIpc) is 3.22. The van der Waals surface area contributed by atoms with Gasteiger partial charge in [-0.15, -0.1) is 0 Å². The van der Waals surface area contributed by atoms with Crippen LogP contribution in [0.1, 0.15) is 44.2 Å². The zero-order valence-corrected chi connectivity index (χ0v) is 17.9. The second-order valence-corrected chi connectivity index (χ2v) is 7.67. The van der Waals surface area contributed by atoms with Crippen LogP contribution in [0.5, 0.6) is 0 Å². The van der Waals surface area contributed by atoms with Crippen LogP contribution in [0.25, 0.3) is 0 Å². The number of hydrogen-bond donors (Lipinski definition) is 1. The fraction of sp³-hybridized carbons (Fsp3) is 0.360.